The number of rotatable bonds is 6. The lowest BCUT2D eigenvalue weighted by Gasteiger charge is -2.65. The first-order valence-electron chi connectivity index (χ1n) is 20.4. The van der Waals surface area contributed by atoms with E-state index >= 15 is 4.39 Å². The quantitative estimate of drug-likeness (QED) is 0.188. The topological polar surface area (TPSA) is 156 Å². The van der Waals surface area contributed by atoms with Crippen molar-refractivity contribution in [3.63, 3.8) is 0 Å². The lowest BCUT2D eigenvalue weighted by atomic mass is 9.49. The first kappa shape index (κ1) is 40.6. The van der Waals surface area contributed by atoms with Gasteiger partial charge in [0.1, 0.15) is 35.5 Å². The molecular formula is C47H41ClFN7O6. The Balaban J connectivity index is 0.819. The number of nitrogens with zero attached hydrogens (tertiary/aromatic N) is 6. The summed E-state index contributed by atoms with van der Waals surface area (Å²) in [7, 11) is 0. The van der Waals surface area contributed by atoms with Gasteiger partial charge in [-0.2, -0.15) is 5.26 Å². The van der Waals surface area contributed by atoms with Crippen molar-refractivity contribution in [2.45, 2.75) is 65.3 Å². The van der Waals surface area contributed by atoms with Gasteiger partial charge in [-0.05, 0) is 73.0 Å². The monoisotopic (exact) mass is 853 g/mol. The maximum Gasteiger partial charge on any atom is 0.262 e. The summed E-state index contributed by atoms with van der Waals surface area (Å²) in [6.07, 6.45) is -0.206. The molecule has 1 saturated carbocycles. The summed E-state index contributed by atoms with van der Waals surface area (Å²) < 4.78 is 21.9. The van der Waals surface area contributed by atoms with Crippen molar-refractivity contribution in [3.05, 3.63) is 117 Å². The van der Waals surface area contributed by atoms with Crippen molar-refractivity contribution in [2.75, 3.05) is 36.0 Å². The minimum atomic E-state index is -1.12. The normalized spacial score (nSPS) is 22.3. The van der Waals surface area contributed by atoms with Gasteiger partial charge >= 0.3 is 0 Å². The Labute approximate surface area is 362 Å². The second-order valence-electron chi connectivity index (χ2n) is 17.5. The van der Waals surface area contributed by atoms with Gasteiger partial charge in [0.05, 0.1) is 45.2 Å². The lowest BCUT2D eigenvalue weighted by Crippen LogP contribution is -2.74. The molecule has 1 atom stereocenters. The number of nitriles is 1. The van der Waals surface area contributed by atoms with E-state index in [0.717, 1.165) is 22.2 Å². The smallest absolute Gasteiger partial charge is 0.262 e. The third-order valence-corrected chi connectivity index (χ3v) is 13.2. The van der Waals surface area contributed by atoms with Gasteiger partial charge in [0, 0.05) is 66.8 Å². The zero-order chi connectivity index (χ0) is 43.8. The molecule has 15 heteroatoms. The average Bonchev–Trinajstić information content (AvgIpc) is 3.68. The number of anilines is 2. The largest absolute Gasteiger partial charge is 0.489 e. The maximum atomic E-state index is 15.5. The zero-order valence-corrected chi connectivity index (χ0v) is 35.2. The SMILES string of the molecule is CC1(C)C(Oc2ccc(C#N)c(Cl)c2)C(C)(C)C1N1Cc2nc(C#Cc3ccc(N4CCN(c5cc6c(cc5F)C(=O)N(C5CCC(=O)NC5=O)C6=O)CC4)cc3)ccc2C1=O. The molecule has 1 aliphatic carbocycles. The van der Waals surface area contributed by atoms with Crippen molar-refractivity contribution >= 4 is 52.5 Å². The van der Waals surface area contributed by atoms with E-state index in [-0.39, 0.29) is 47.7 Å². The highest BCUT2D eigenvalue weighted by Crippen LogP contribution is 2.59. The molecule has 13 nitrogen and oxygen atoms in total. The van der Waals surface area contributed by atoms with Crippen LogP contribution in [-0.4, -0.2) is 88.7 Å². The summed E-state index contributed by atoms with van der Waals surface area (Å²) in [5, 5.41) is 11.8. The molecule has 1 N–H and O–H groups in total. The van der Waals surface area contributed by atoms with Crippen LogP contribution in [0.15, 0.2) is 66.7 Å². The van der Waals surface area contributed by atoms with Crippen LogP contribution in [0.4, 0.5) is 15.8 Å². The number of pyridine rings is 1. The Morgan fingerprint density at radius 3 is 2.16 bits per heavy atom. The Hall–Kier alpha value is -6.77. The van der Waals surface area contributed by atoms with Gasteiger partial charge in [0.2, 0.25) is 11.8 Å². The van der Waals surface area contributed by atoms with Gasteiger partial charge in [-0.3, -0.25) is 34.2 Å². The molecule has 0 radical (unpaired) electrons. The van der Waals surface area contributed by atoms with Gasteiger partial charge in [0.25, 0.3) is 17.7 Å². The van der Waals surface area contributed by atoms with Crippen LogP contribution in [-0.2, 0) is 16.1 Å². The first-order chi connectivity index (χ1) is 29.6. The Morgan fingerprint density at radius 1 is 0.823 bits per heavy atom. The van der Waals surface area contributed by atoms with E-state index in [9.17, 15) is 29.2 Å². The second-order valence-corrected chi connectivity index (χ2v) is 17.9. The van der Waals surface area contributed by atoms with Gasteiger partial charge in [0.15, 0.2) is 0 Å². The molecule has 314 valence electrons. The van der Waals surface area contributed by atoms with E-state index in [4.69, 9.17) is 21.3 Å². The fourth-order valence-electron chi connectivity index (χ4n) is 10.3. The Kier molecular flexibility index (Phi) is 9.83. The molecule has 62 heavy (non-hydrogen) atoms. The van der Waals surface area contributed by atoms with Gasteiger partial charge < -0.3 is 19.4 Å². The minimum absolute atomic E-state index is 0.00106. The van der Waals surface area contributed by atoms with E-state index in [1.165, 1.54) is 6.07 Å². The van der Waals surface area contributed by atoms with Crippen molar-refractivity contribution in [1.29, 1.82) is 5.26 Å². The van der Waals surface area contributed by atoms with Crippen molar-refractivity contribution in [1.82, 2.24) is 20.1 Å². The van der Waals surface area contributed by atoms with E-state index in [1.807, 2.05) is 34.1 Å². The van der Waals surface area contributed by atoms with Crippen molar-refractivity contribution < 1.29 is 33.1 Å². The molecule has 1 aromatic heterocycles. The summed E-state index contributed by atoms with van der Waals surface area (Å²) in [4.78, 5) is 75.8. The number of carbonyl (C=O) groups is 5. The zero-order valence-electron chi connectivity index (χ0n) is 34.4. The number of nitrogens with one attached hydrogen (secondary N) is 1. The number of halogens is 2. The first-order valence-corrected chi connectivity index (χ1v) is 20.8. The Morgan fingerprint density at radius 2 is 1.50 bits per heavy atom. The molecule has 5 heterocycles. The average molecular weight is 854 g/mol. The van der Waals surface area contributed by atoms with Crippen LogP contribution in [0.5, 0.6) is 5.75 Å². The van der Waals surface area contributed by atoms with Gasteiger partial charge in [-0.1, -0.05) is 45.2 Å². The fourth-order valence-corrected chi connectivity index (χ4v) is 10.5. The van der Waals surface area contributed by atoms with Crippen molar-refractivity contribution in [2.24, 2.45) is 10.8 Å². The molecule has 0 bridgehead atoms. The molecule has 5 aliphatic rings. The number of imide groups is 2. The van der Waals surface area contributed by atoms with Crippen LogP contribution in [0.1, 0.15) is 94.1 Å². The summed E-state index contributed by atoms with van der Waals surface area (Å²) in [6, 6.07) is 19.7. The molecule has 4 aliphatic heterocycles. The highest BCUT2D eigenvalue weighted by molar-refractivity contribution is 6.31. The maximum absolute atomic E-state index is 15.5. The predicted molar refractivity (Wildman–Crippen MR) is 226 cm³/mol. The lowest BCUT2D eigenvalue weighted by molar-refractivity contribution is -0.199. The number of aromatic nitrogens is 1. The third kappa shape index (κ3) is 6.70. The third-order valence-electron chi connectivity index (χ3n) is 12.9. The highest BCUT2D eigenvalue weighted by atomic mass is 35.5. The van der Waals surface area contributed by atoms with E-state index < -0.39 is 46.3 Å². The number of hydrogen-bond acceptors (Lipinski definition) is 10. The van der Waals surface area contributed by atoms with Crippen LogP contribution < -0.4 is 19.9 Å². The van der Waals surface area contributed by atoms with Crippen LogP contribution in [0.3, 0.4) is 0 Å². The molecular weight excluding hydrogens is 813 g/mol. The molecule has 0 spiro atoms. The summed E-state index contributed by atoms with van der Waals surface area (Å²) >= 11 is 6.28. The molecule has 5 amide bonds. The fraction of sp³-hybridized carbons (Fsp3) is 0.340. The second kappa shape index (κ2) is 15.0. The van der Waals surface area contributed by atoms with Gasteiger partial charge in [-0.15, -0.1) is 0 Å². The number of amides is 5. The van der Waals surface area contributed by atoms with Crippen molar-refractivity contribution in [3.8, 4) is 23.7 Å². The van der Waals surface area contributed by atoms with Crippen LogP contribution in [0.25, 0.3) is 0 Å². The van der Waals surface area contributed by atoms with Gasteiger partial charge in [-0.25, -0.2) is 9.37 Å². The number of piperazine rings is 1. The Bertz CT molecular complexity index is 2710. The van der Waals surface area contributed by atoms with Crippen LogP contribution >= 0.6 is 11.6 Å². The number of ether oxygens (including phenoxy) is 1. The number of benzene rings is 3. The number of piperidine rings is 1. The standard InChI is InChI=1S/C47H41ClFN7O6/c1-46(2)44(47(3,4)45(46)62-30-13-8-27(24-50)34(48)21-30)55-25-36-31(41(55)59)14-10-28(51-36)9-5-26-6-11-29(12-7-26)53-17-19-54(20-18-53)38-23-33-32(22-35(38)49)42(60)56(43(33)61)37-15-16-39(57)52-40(37)58/h6-8,10-14,21-23,37,44-45H,15-20,25H2,1-4H3,(H,52,57,58). The number of carbonyl (C=O) groups excluding carboxylic acids is 5. The van der Waals surface area contributed by atoms with E-state index in [2.05, 4.69) is 55.8 Å². The molecule has 9 rings (SSSR count). The summed E-state index contributed by atoms with van der Waals surface area (Å²) in [5.41, 5.74) is 3.27. The molecule has 2 saturated heterocycles. The number of fused-ring (bicyclic) bond motifs is 2. The molecule has 3 aromatic carbocycles. The molecule has 3 fully saturated rings. The van der Waals surface area contributed by atoms with E-state index in [1.54, 1.807) is 30.3 Å². The van der Waals surface area contributed by atoms with E-state index in [0.29, 0.717) is 66.0 Å². The molecule has 4 aromatic rings. The molecule has 1 unspecified atom stereocenters. The van der Waals surface area contributed by atoms with Crippen LogP contribution in [0.2, 0.25) is 5.02 Å². The summed E-state index contributed by atoms with van der Waals surface area (Å²) in [5.74, 6) is 3.60. The van der Waals surface area contributed by atoms with Crippen LogP contribution in [0, 0.1) is 39.8 Å². The predicted octanol–water partition coefficient (Wildman–Crippen LogP) is 5.71. The minimum Gasteiger partial charge on any atom is -0.489 e. The number of hydrogen-bond donors (Lipinski definition) is 1. The highest BCUT2D eigenvalue weighted by Gasteiger charge is 2.67. The summed E-state index contributed by atoms with van der Waals surface area (Å²) in [6.45, 7) is 10.8.